The van der Waals surface area contributed by atoms with E-state index in [9.17, 15) is 15.2 Å². The minimum Gasteiger partial charge on any atom is -0.595 e. The average Bonchev–Trinajstić information content (AvgIpc) is 2.91. The summed E-state index contributed by atoms with van der Waals surface area (Å²) in [6.45, 7) is 0. The number of hydrogen-bond acceptors (Lipinski definition) is 7. The van der Waals surface area contributed by atoms with E-state index in [0.717, 1.165) is 22.7 Å². The summed E-state index contributed by atoms with van der Waals surface area (Å²) in [5.41, 5.74) is 5.36. The number of quaternary nitrogens is 1. The van der Waals surface area contributed by atoms with Gasteiger partial charge < -0.3 is 21.2 Å². The number of carbonyl (C=O) groups excluding carboxylic acids is 1. The van der Waals surface area contributed by atoms with Gasteiger partial charge in [-0.3, -0.25) is 14.8 Å². The van der Waals surface area contributed by atoms with Gasteiger partial charge in [0, 0.05) is 70.1 Å². The Hall–Kier alpha value is -4.83. The third-order valence-electron chi connectivity index (χ3n) is 5.53. The quantitative estimate of drug-likeness (QED) is 0.213. The summed E-state index contributed by atoms with van der Waals surface area (Å²) in [4.78, 5) is 21.0. The van der Waals surface area contributed by atoms with Crippen molar-refractivity contribution in [1.29, 1.82) is 0 Å². The normalized spacial score (nSPS) is 11.6. The molecule has 0 saturated heterocycles. The third kappa shape index (κ3) is 5.29. The van der Waals surface area contributed by atoms with Gasteiger partial charge in [-0.15, -0.1) is 0 Å². The van der Waals surface area contributed by atoms with Crippen molar-refractivity contribution in [3.8, 4) is 0 Å². The van der Waals surface area contributed by atoms with Gasteiger partial charge in [0.05, 0.1) is 5.52 Å². The van der Waals surface area contributed by atoms with E-state index in [1.807, 2.05) is 36.4 Å². The largest absolute Gasteiger partial charge is 0.595 e. The summed E-state index contributed by atoms with van der Waals surface area (Å²) >= 11 is 0. The molecule has 178 valence electrons. The van der Waals surface area contributed by atoms with Crippen molar-refractivity contribution in [3.05, 3.63) is 114 Å². The van der Waals surface area contributed by atoms with Crippen LogP contribution in [0, 0.1) is 5.21 Å². The molecule has 9 nitrogen and oxygen atoms in total. The van der Waals surface area contributed by atoms with Crippen LogP contribution < -0.4 is 21.2 Å². The molecular formula is C27H22N6O3. The highest BCUT2D eigenvalue weighted by Gasteiger charge is 2.09. The molecule has 9 heteroatoms. The summed E-state index contributed by atoms with van der Waals surface area (Å²) in [6.07, 6.45) is 5.09. The van der Waals surface area contributed by atoms with Crippen molar-refractivity contribution >= 4 is 50.9 Å². The number of fused-ring (bicyclic) bond motifs is 1. The van der Waals surface area contributed by atoms with Crippen LogP contribution in [0.2, 0.25) is 0 Å². The highest BCUT2D eigenvalue weighted by atomic mass is 16.8. The van der Waals surface area contributed by atoms with Gasteiger partial charge in [-0.25, -0.2) is 5.21 Å². The maximum Gasteiger partial charge on any atom is 0.255 e. The molecule has 1 atom stereocenters. The van der Waals surface area contributed by atoms with Crippen LogP contribution in [0.3, 0.4) is 0 Å². The van der Waals surface area contributed by atoms with Crippen LogP contribution >= 0.6 is 0 Å². The van der Waals surface area contributed by atoms with Gasteiger partial charge in [-0.2, -0.15) is 5.23 Å². The third-order valence-corrected chi connectivity index (χ3v) is 5.53. The predicted molar refractivity (Wildman–Crippen MR) is 139 cm³/mol. The zero-order valence-corrected chi connectivity index (χ0v) is 19.0. The van der Waals surface area contributed by atoms with E-state index in [1.54, 1.807) is 61.1 Å². The summed E-state index contributed by atoms with van der Waals surface area (Å²) in [5, 5.41) is 29.8. The number of pyridine rings is 2. The lowest BCUT2D eigenvalue weighted by molar-refractivity contribution is -0.991. The second kappa shape index (κ2) is 10.2. The average molecular weight is 479 g/mol. The summed E-state index contributed by atoms with van der Waals surface area (Å²) < 4.78 is 0. The molecular weight excluding hydrogens is 456 g/mol. The number of nitrogens with zero attached hydrogens (tertiary/aromatic N) is 2. The Balaban J connectivity index is 1.25. The Labute approximate surface area is 206 Å². The zero-order chi connectivity index (χ0) is 24.9. The van der Waals surface area contributed by atoms with E-state index < -0.39 is 5.23 Å². The first kappa shape index (κ1) is 22.9. The van der Waals surface area contributed by atoms with Crippen LogP contribution in [-0.2, 0) is 0 Å². The predicted octanol–water partition coefficient (Wildman–Crippen LogP) is 4.77. The van der Waals surface area contributed by atoms with Crippen LogP contribution in [0.4, 0.5) is 34.1 Å². The van der Waals surface area contributed by atoms with Crippen LogP contribution in [0.15, 0.2) is 104 Å². The highest BCUT2D eigenvalue weighted by molar-refractivity contribution is 6.04. The van der Waals surface area contributed by atoms with Gasteiger partial charge in [0.2, 0.25) is 0 Å². The van der Waals surface area contributed by atoms with Crippen LogP contribution in [0.25, 0.3) is 10.9 Å². The number of hydrogen-bond donors (Lipinski definition) is 5. The minimum atomic E-state index is -0.998. The van der Waals surface area contributed by atoms with Crippen LogP contribution in [0.1, 0.15) is 10.4 Å². The first-order valence-electron chi connectivity index (χ1n) is 11.1. The molecule has 0 aliphatic heterocycles. The molecule has 0 aliphatic carbocycles. The molecule has 5 N–H and O–H groups in total. The molecule has 0 aliphatic rings. The van der Waals surface area contributed by atoms with Crippen molar-refractivity contribution in [3.63, 3.8) is 0 Å². The molecule has 0 bridgehead atoms. The van der Waals surface area contributed by atoms with E-state index in [-0.39, 0.29) is 11.6 Å². The number of rotatable bonds is 7. The monoisotopic (exact) mass is 478 g/mol. The first-order chi connectivity index (χ1) is 17.5. The molecule has 5 rings (SSSR count). The minimum absolute atomic E-state index is 0.187. The van der Waals surface area contributed by atoms with Crippen molar-refractivity contribution in [1.82, 2.24) is 9.97 Å². The molecule has 0 radical (unpaired) electrons. The Morgan fingerprint density at radius 3 is 2.11 bits per heavy atom. The van der Waals surface area contributed by atoms with E-state index in [2.05, 4.69) is 25.9 Å². The van der Waals surface area contributed by atoms with Gasteiger partial charge in [-0.1, -0.05) is 0 Å². The van der Waals surface area contributed by atoms with Crippen LogP contribution in [-0.4, -0.2) is 21.1 Å². The van der Waals surface area contributed by atoms with Gasteiger partial charge >= 0.3 is 0 Å². The Morgan fingerprint density at radius 1 is 0.750 bits per heavy atom. The smallest absolute Gasteiger partial charge is 0.255 e. The Kier molecular flexibility index (Phi) is 6.50. The first-order valence-corrected chi connectivity index (χ1v) is 11.1. The van der Waals surface area contributed by atoms with Gasteiger partial charge in [0.15, 0.2) is 5.69 Å². The fourth-order valence-electron chi connectivity index (χ4n) is 3.69. The highest BCUT2D eigenvalue weighted by Crippen LogP contribution is 2.27. The van der Waals surface area contributed by atoms with E-state index in [1.165, 1.54) is 6.07 Å². The lowest BCUT2D eigenvalue weighted by atomic mass is 10.1. The molecule has 2 heterocycles. The summed E-state index contributed by atoms with van der Waals surface area (Å²) in [6, 6.07) is 24.8. The number of nitrogens with one attached hydrogen (secondary N) is 4. The van der Waals surface area contributed by atoms with E-state index >= 15 is 0 Å². The van der Waals surface area contributed by atoms with Crippen molar-refractivity contribution in [2.75, 3.05) is 16.0 Å². The number of carbonyl (C=O) groups is 1. The number of anilines is 5. The number of benzene rings is 3. The van der Waals surface area contributed by atoms with Gasteiger partial charge in [0.25, 0.3) is 5.91 Å². The maximum atomic E-state index is 12.7. The molecule has 0 spiro atoms. The fourth-order valence-corrected chi connectivity index (χ4v) is 3.69. The van der Waals surface area contributed by atoms with Crippen molar-refractivity contribution in [2.24, 2.45) is 0 Å². The topological polar surface area (TPSA) is 127 Å². The molecule has 1 unspecified atom stereocenters. The lowest BCUT2D eigenvalue weighted by Gasteiger charge is -2.14. The fraction of sp³-hybridized carbons (Fsp3) is 0. The molecule has 36 heavy (non-hydrogen) atoms. The zero-order valence-electron chi connectivity index (χ0n) is 19.0. The second-order valence-electron chi connectivity index (χ2n) is 7.99. The Morgan fingerprint density at radius 2 is 1.39 bits per heavy atom. The second-order valence-corrected chi connectivity index (χ2v) is 7.99. The SMILES string of the molecule is O=C(Nc1ccc(Nc2ccncc2)cc1)c1ccc(Nc2ccnc3ccc([NH+]([O-])O)cc23)cc1. The molecule has 0 fully saturated rings. The molecule has 3 aromatic carbocycles. The van der Waals surface area contributed by atoms with Crippen molar-refractivity contribution < 1.29 is 15.2 Å². The van der Waals surface area contributed by atoms with Crippen LogP contribution in [0.5, 0.6) is 0 Å². The molecule has 1 amide bonds. The summed E-state index contributed by atoms with van der Waals surface area (Å²) in [5.74, 6) is -0.225. The number of amides is 1. The number of aromatic nitrogens is 2. The van der Waals surface area contributed by atoms with Gasteiger partial charge in [-0.05, 0) is 72.8 Å². The molecule has 2 aromatic heterocycles. The lowest BCUT2D eigenvalue weighted by Crippen LogP contribution is -2.99. The van der Waals surface area contributed by atoms with E-state index in [4.69, 9.17) is 0 Å². The van der Waals surface area contributed by atoms with Gasteiger partial charge in [0.1, 0.15) is 0 Å². The van der Waals surface area contributed by atoms with Crippen molar-refractivity contribution in [2.45, 2.75) is 0 Å². The summed E-state index contributed by atoms with van der Waals surface area (Å²) in [7, 11) is 0. The molecule has 0 saturated carbocycles. The maximum absolute atomic E-state index is 12.7. The standard InChI is InChI=1S/C27H22N6O3/c34-27(32-21-7-5-19(6-8-21)30-22-11-14-28-15-12-22)18-1-3-20(4-2-18)31-26-13-16-29-25-10-9-23(33(35)36)17-24(25)26/h1-17,33,35H,(H,28,30)(H,29,31)(H,32,34). The molecule has 5 aromatic rings. The van der Waals surface area contributed by atoms with E-state index in [0.29, 0.717) is 22.2 Å². The Bertz CT molecular complexity index is 1490.